The number of hydrogen-bond donors (Lipinski definition) is 0. The standard InChI is InChI=1S/C16H16Cl2OS2/c17-15(11-13-7-3-1-4-8-13)20-19-21-16(18)12-14-9-5-2-6-10-14/h1-10,15-16H,11-12H2. The maximum atomic E-state index is 6.24. The van der Waals surface area contributed by atoms with E-state index in [1.165, 1.54) is 35.2 Å². The highest BCUT2D eigenvalue weighted by Crippen LogP contribution is 2.30. The van der Waals surface area contributed by atoms with Crippen LogP contribution in [0.2, 0.25) is 0 Å². The van der Waals surface area contributed by atoms with Crippen LogP contribution in [0.25, 0.3) is 0 Å². The fraction of sp³-hybridized carbons (Fsp3) is 0.250. The van der Waals surface area contributed by atoms with E-state index < -0.39 is 0 Å². The summed E-state index contributed by atoms with van der Waals surface area (Å²) in [6.45, 7) is 0. The van der Waals surface area contributed by atoms with Crippen molar-refractivity contribution in [2.75, 3.05) is 0 Å². The van der Waals surface area contributed by atoms with E-state index in [0.717, 1.165) is 12.8 Å². The first kappa shape index (κ1) is 17.0. The minimum absolute atomic E-state index is 0.125. The molecule has 0 radical (unpaired) electrons. The first-order valence-electron chi connectivity index (χ1n) is 6.59. The minimum Gasteiger partial charge on any atom is -0.244 e. The number of rotatable bonds is 8. The number of halogens is 2. The summed E-state index contributed by atoms with van der Waals surface area (Å²) in [5.74, 6) is 0. The molecule has 5 heteroatoms. The first-order chi connectivity index (χ1) is 10.2. The zero-order valence-corrected chi connectivity index (χ0v) is 14.5. The Labute approximate surface area is 144 Å². The van der Waals surface area contributed by atoms with Gasteiger partial charge in [0.1, 0.15) is 9.42 Å². The van der Waals surface area contributed by atoms with E-state index in [9.17, 15) is 0 Å². The van der Waals surface area contributed by atoms with Crippen LogP contribution in [0, 0.1) is 0 Å². The van der Waals surface area contributed by atoms with Gasteiger partial charge in [-0.3, -0.25) is 0 Å². The number of alkyl halides is 2. The lowest BCUT2D eigenvalue weighted by Crippen LogP contribution is -2.01. The quantitative estimate of drug-likeness (QED) is 0.428. The van der Waals surface area contributed by atoms with Gasteiger partial charge in [0.2, 0.25) is 0 Å². The maximum Gasteiger partial charge on any atom is 0.110 e. The van der Waals surface area contributed by atoms with E-state index in [2.05, 4.69) is 24.3 Å². The molecule has 0 N–H and O–H groups in total. The molecule has 0 fully saturated rings. The second-order valence-corrected chi connectivity index (χ2v) is 8.10. The minimum atomic E-state index is -0.125. The predicted molar refractivity (Wildman–Crippen MR) is 95.8 cm³/mol. The molecule has 0 aliphatic heterocycles. The Balaban J connectivity index is 1.64. The van der Waals surface area contributed by atoms with Crippen molar-refractivity contribution < 1.29 is 3.63 Å². The number of hydrogen-bond acceptors (Lipinski definition) is 3. The molecule has 0 spiro atoms. The van der Waals surface area contributed by atoms with Crippen LogP contribution in [-0.2, 0) is 16.5 Å². The fourth-order valence-electron chi connectivity index (χ4n) is 1.77. The molecule has 2 rings (SSSR count). The van der Waals surface area contributed by atoms with Gasteiger partial charge in [-0.1, -0.05) is 60.7 Å². The third kappa shape index (κ3) is 6.98. The Hall–Kier alpha value is -0.320. The van der Waals surface area contributed by atoms with Gasteiger partial charge in [-0.15, -0.1) is 23.2 Å². The largest absolute Gasteiger partial charge is 0.244 e. The zero-order valence-electron chi connectivity index (χ0n) is 11.3. The van der Waals surface area contributed by atoms with Crippen molar-refractivity contribution in [2.24, 2.45) is 0 Å². The lowest BCUT2D eigenvalue weighted by Gasteiger charge is -2.11. The van der Waals surface area contributed by atoms with Crippen LogP contribution < -0.4 is 0 Å². The molecule has 112 valence electrons. The molecule has 0 saturated heterocycles. The Morgan fingerprint density at radius 2 is 1.10 bits per heavy atom. The highest BCUT2D eigenvalue weighted by molar-refractivity contribution is 8.09. The summed E-state index contributed by atoms with van der Waals surface area (Å²) in [6.07, 6.45) is 1.53. The normalized spacial score (nSPS) is 13.8. The molecule has 0 saturated carbocycles. The van der Waals surface area contributed by atoms with Crippen LogP contribution in [-0.4, -0.2) is 9.42 Å². The van der Waals surface area contributed by atoms with Crippen LogP contribution in [0.4, 0.5) is 0 Å². The second-order valence-electron chi connectivity index (χ2n) is 4.46. The third-order valence-corrected chi connectivity index (χ3v) is 4.89. The van der Waals surface area contributed by atoms with E-state index in [-0.39, 0.29) is 9.42 Å². The predicted octanol–water partition coefficient (Wildman–Crippen LogP) is 5.91. The second kappa shape index (κ2) is 9.65. The monoisotopic (exact) mass is 358 g/mol. The molecule has 0 aromatic heterocycles. The van der Waals surface area contributed by atoms with Crippen LogP contribution in [0.15, 0.2) is 60.7 Å². The van der Waals surface area contributed by atoms with Crippen LogP contribution in [0.3, 0.4) is 0 Å². The maximum absolute atomic E-state index is 6.24. The van der Waals surface area contributed by atoms with Gasteiger partial charge >= 0.3 is 0 Å². The van der Waals surface area contributed by atoms with Crippen molar-refractivity contribution >= 4 is 47.3 Å². The van der Waals surface area contributed by atoms with Gasteiger partial charge in [0, 0.05) is 36.9 Å². The molecule has 21 heavy (non-hydrogen) atoms. The average molecular weight is 359 g/mol. The lowest BCUT2D eigenvalue weighted by atomic mass is 10.2. The van der Waals surface area contributed by atoms with E-state index in [1.807, 2.05) is 36.4 Å². The molecular weight excluding hydrogens is 343 g/mol. The first-order valence-corrected chi connectivity index (χ1v) is 9.07. The van der Waals surface area contributed by atoms with Crippen molar-refractivity contribution in [3.05, 3.63) is 71.8 Å². The summed E-state index contributed by atoms with van der Waals surface area (Å²) in [5, 5.41) is 0. The van der Waals surface area contributed by atoms with E-state index >= 15 is 0 Å². The smallest absolute Gasteiger partial charge is 0.110 e. The summed E-state index contributed by atoms with van der Waals surface area (Å²) < 4.78 is 5.22. The van der Waals surface area contributed by atoms with Crippen molar-refractivity contribution in [3.8, 4) is 0 Å². The van der Waals surface area contributed by atoms with Crippen molar-refractivity contribution in [2.45, 2.75) is 22.3 Å². The topological polar surface area (TPSA) is 9.23 Å². The van der Waals surface area contributed by atoms with Gasteiger partial charge in [-0.2, -0.15) is 0 Å². The average Bonchev–Trinajstić information content (AvgIpc) is 2.49. The van der Waals surface area contributed by atoms with Gasteiger partial charge in [-0.25, -0.2) is 3.63 Å². The van der Waals surface area contributed by atoms with Gasteiger partial charge in [0.05, 0.1) is 0 Å². The van der Waals surface area contributed by atoms with Gasteiger partial charge in [0.15, 0.2) is 0 Å². The molecule has 0 amide bonds. The van der Waals surface area contributed by atoms with E-state index in [0.29, 0.717) is 0 Å². The molecule has 0 heterocycles. The van der Waals surface area contributed by atoms with Crippen molar-refractivity contribution in [1.29, 1.82) is 0 Å². The molecule has 2 aromatic carbocycles. The van der Waals surface area contributed by atoms with Crippen molar-refractivity contribution in [3.63, 3.8) is 0 Å². The van der Waals surface area contributed by atoms with Crippen LogP contribution in [0.5, 0.6) is 0 Å². The zero-order chi connectivity index (χ0) is 14.9. The highest BCUT2D eigenvalue weighted by atomic mass is 35.5. The van der Waals surface area contributed by atoms with Crippen LogP contribution in [0.1, 0.15) is 11.1 Å². The summed E-state index contributed by atoms with van der Waals surface area (Å²) >= 11 is 15.0. The van der Waals surface area contributed by atoms with Gasteiger partial charge in [0.25, 0.3) is 0 Å². The van der Waals surface area contributed by atoms with Gasteiger partial charge in [-0.05, 0) is 11.1 Å². The van der Waals surface area contributed by atoms with Crippen LogP contribution >= 0.6 is 47.3 Å². The Kier molecular flexibility index (Phi) is 7.83. The summed E-state index contributed by atoms with van der Waals surface area (Å²) in [6, 6.07) is 20.3. The van der Waals surface area contributed by atoms with Gasteiger partial charge < -0.3 is 0 Å². The molecule has 2 unspecified atom stereocenters. The fourth-order valence-corrected chi connectivity index (χ4v) is 4.05. The van der Waals surface area contributed by atoms with E-state index in [4.69, 9.17) is 26.8 Å². The Morgan fingerprint density at radius 1 is 0.714 bits per heavy atom. The molecule has 0 bridgehead atoms. The third-order valence-electron chi connectivity index (χ3n) is 2.77. The molecule has 1 nitrogen and oxygen atoms in total. The molecule has 2 aromatic rings. The Bertz CT molecular complexity index is 463. The molecule has 0 aliphatic carbocycles. The Morgan fingerprint density at radius 3 is 1.48 bits per heavy atom. The number of benzene rings is 2. The molecule has 2 atom stereocenters. The molecule has 0 aliphatic rings. The van der Waals surface area contributed by atoms with Crippen molar-refractivity contribution in [1.82, 2.24) is 0 Å². The highest BCUT2D eigenvalue weighted by Gasteiger charge is 2.12. The summed E-state index contributed by atoms with van der Waals surface area (Å²) in [4.78, 5) is 0. The molecular formula is C16H16Cl2OS2. The summed E-state index contributed by atoms with van der Waals surface area (Å²) in [5.41, 5.74) is 2.40. The van der Waals surface area contributed by atoms with E-state index in [1.54, 1.807) is 0 Å². The summed E-state index contributed by atoms with van der Waals surface area (Å²) in [7, 11) is 0. The SMILES string of the molecule is ClC(Cc1ccccc1)SOSC(Cl)Cc1ccccc1. The lowest BCUT2D eigenvalue weighted by molar-refractivity contribution is 0.744.